The van der Waals surface area contributed by atoms with Gasteiger partial charge >= 0.3 is 0 Å². The Hall–Kier alpha value is -1.05. The first-order valence-electron chi connectivity index (χ1n) is 6.50. The number of carbonyl (C=O) groups excluding carboxylic acids is 1. The van der Waals surface area contributed by atoms with E-state index in [1.807, 2.05) is 19.0 Å². The molecule has 0 atom stereocenters. The van der Waals surface area contributed by atoms with E-state index in [2.05, 4.69) is 25.2 Å². The Balaban J connectivity index is 0. The third kappa shape index (κ3) is 14.9. The van der Waals surface area contributed by atoms with Gasteiger partial charge in [0.15, 0.2) is 0 Å². The summed E-state index contributed by atoms with van der Waals surface area (Å²) in [5, 5.41) is 3.30. The summed E-state index contributed by atoms with van der Waals surface area (Å²) >= 11 is 0. The molecule has 0 unspecified atom stereocenters. The van der Waals surface area contributed by atoms with Crippen LogP contribution in [0.25, 0.3) is 0 Å². The van der Waals surface area contributed by atoms with Crippen molar-refractivity contribution in [3.63, 3.8) is 0 Å². The number of terminal acetylenes is 1. The van der Waals surface area contributed by atoms with Gasteiger partial charge in [-0.25, -0.2) is 0 Å². The maximum absolute atomic E-state index is 10.1. The summed E-state index contributed by atoms with van der Waals surface area (Å²) in [6.07, 6.45) is 15.6. The molecular weight excluding hydrogens is 226 g/mol. The summed E-state index contributed by atoms with van der Waals surface area (Å²) in [7, 11) is 5.88. The molecule has 1 rings (SSSR count). The van der Waals surface area contributed by atoms with Crippen molar-refractivity contribution in [3.05, 3.63) is 0 Å². The van der Waals surface area contributed by atoms with Crippen molar-refractivity contribution in [2.45, 2.75) is 44.6 Å². The summed E-state index contributed by atoms with van der Waals surface area (Å²) < 4.78 is 0. The van der Waals surface area contributed by atoms with Gasteiger partial charge in [0.25, 0.3) is 0 Å². The molecule has 0 aliphatic heterocycles. The van der Waals surface area contributed by atoms with Gasteiger partial charge in [-0.3, -0.25) is 4.79 Å². The lowest BCUT2D eigenvalue weighted by Gasteiger charge is -2.20. The molecule has 106 valence electrons. The van der Waals surface area contributed by atoms with E-state index in [0.29, 0.717) is 6.42 Å². The van der Waals surface area contributed by atoms with Crippen LogP contribution in [0, 0.1) is 12.8 Å². The fourth-order valence-electron chi connectivity index (χ4n) is 1.73. The van der Waals surface area contributed by atoms with E-state index in [-0.39, 0.29) is 5.91 Å². The van der Waals surface area contributed by atoms with Crippen LogP contribution >= 0.6 is 0 Å². The fraction of sp³-hybridized carbons (Fsp3) is 0.786. The summed E-state index contributed by atoms with van der Waals surface area (Å²) in [6, 6.07) is 0.837. The zero-order chi connectivity index (χ0) is 14.4. The Kier molecular flexibility index (Phi) is 15.0. The Morgan fingerprint density at radius 1 is 1.28 bits per heavy atom. The van der Waals surface area contributed by atoms with Gasteiger partial charge in [-0.15, -0.1) is 12.8 Å². The van der Waals surface area contributed by atoms with Gasteiger partial charge in [-0.05, 0) is 34.0 Å². The van der Waals surface area contributed by atoms with Crippen LogP contribution in [-0.4, -0.2) is 44.5 Å². The third-order valence-electron chi connectivity index (χ3n) is 2.82. The fourth-order valence-corrected chi connectivity index (χ4v) is 1.73. The molecule has 0 aromatic carbocycles. The van der Waals surface area contributed by atoms with Crippen molar-refractivity contribution in [1.29, 1.82) is 0 Å². The minimum atomic E-state index is -0.237. The van der Waals surface area contributed by atoms with Crippen LogP contribution in [0.1, 0.15) is 38.5 Å². The van der Waals surface area contributed by atoms with Crippen molar-refractivity contribution in [2.75, 3.05) is 27.7 Å². The Morgan fingerprint density at radius 2 is 1.78 bits per heavy atom. The predicted molar refractivity (Wildman–Crippen MR) is 78.2 cm³/mol. The van der Waals surface area contributed by atoms with Gasteiger partial charge in [0.1, 0.15) is 0 Å². The van der Waals surface area contributed by atoms with Crippen LogP contribution in [-0.2, 0) is 4.79 Å². The minimum absolute atomic E-state index is 0.237. The zero-order valence-electron chi connectivity index (χ0n) is 12.1. The van der Waals surface area contributed by atoms with Crippen molar-refractivity contribution in [3.8, 4) is 12.8 Å². The van der Waals surface area contributed by atoms with E-state index in [4.69, 9.17) is 5.73 Å². The predicted octanol–water partition coefficient (Wildman–Crippen LogP) is 1.21. The quantitative estimate of drug-likeness (QED) is 0.742. The van der Waals surface area contributed by atoms with E-state index in [9.17, 15) is 4.79 Å². The second-order valence-corrected chi connectivity index (χ2v) is 4.64. The Bertz CT molecular complexity index is 208. The number of hydrogen-bond acceptors (Lipinski definition) is 3. The standard InChI is InChI=1S/C7H15N.C5H12N2O.C2H2/c1-8-7-5-3-2-4-6-7;1-7(2)4-3-5(6)8;1-2/h7-8H,2-6H2,1H3;3-4H2,1-2H3,(H2,6,8);1-2H. The van der Waals surface area contributed by atoms with Crippen molar-refractivity contribution >= 4 is 5.91 Å². The van der Waals surface area contributed by atoms with Crippen LogP contribution in [0.5, 0.6) is 0 Å². The van der Waals surface area contributed by atoms with Gasteiger partial charge in [0.2, 0.25) is 5.91 Å². The normalized spacial score (nSPS) is 15.0. The van der Waals surface area contributed by atoms with Crippen LogP contribution in [0.4, 0.5) is 0 Å². The molecule has 0 heterocycles. The monoisotopic (exact) mass is 255 g/mol. The second-order valence-electron chi connectivity index (χ2n) is 4.64. The smallest absolute Gasteiger partial charge is 0.218 e. The zero-order valence-corrected chi connectivity index (χ0v) is 12.1. The van der Waals surface area contributed by atoms with E-state index in [1.165, 1.54) is 32.1 Å². The highest BCUT2D eigenvalue weighted by atomic mass is 16.1. The molecule has 4 nitrogen and oxygen atoms in total. The number of carbonyl (C=O) groups is 1. The Morgan fingerprint density at radius 3 is 2.00 bits per heavy atom. The van der Waals surface area contributed by atoms with Gasteiger partial charge < -0.3 is 16.0 Å². The van der Waals surface area contributed by atoms with Crippen LogP contribution < -0.4 is 11.1 Å². The van der Waals surface area contributed by atoms with Gasteiger partial charge in [-0.1, -0.05) is 19.3 Å². The molecule has 1 fully saturated rings. The van der Waals surface area contributed by atoms with E-state index in [0.717, 1.165) is 12.6 Å². The summed E-state index contributed by atoms with van der Waals surface area (Å²) in [4.78, 5) is 12.0. The second kappa shape index (κ2) is 14.0. The van der Waals surface area contributed by atoms with Gasteiger partial charge in [0, 0.05) is 19.0 Å². The molecule has 1 amide bonds. The van der Waals surface area contributed by atoms with Crippen molar-refractivity contribution in [1.82, 2.24) is 10.2 Å². The molecule has 0 radical (unpaired) electrons. The van der Waals surface area contributed by atoms with Gasteiger partial charge in [-0.2, -0.15) is 0 Å². The first-order valence-corrected chi connectivity index (χ1v) is 6.50. The number of nitrogens with zero attached hydrogens (tertiary/aromatic N) is 1. The molecule has 1 saturated carbocycles. The first kappa shape index (κ1) is 19.3. The highest BCUT2D eigenvalue weighted by Gasteiger charge is 2.09. The SMILES string of the molecule is C#C.CN(C)CCC(N)=O.CNC1CCCCC1. The summed E-state index contributed by atoms with van der Waals surface area (Å²) in [5.74, 6) is -0.237. The molecule has 3 N–H and O–H groups in total. The first-order chi connectivity index (χ1) is 8.56. The van der Waals surface area contributed by atoms with Gasteiger partial charge in [0.05, 0.1) is 0 Å². The number of primary amides is 1. The lowest BCUT2D eigenvalue weighted by molar-refractivity contribution is -0.118. The topological polar surface area (TPSA) is 58.4 Å². The number of nitrogens with one attached hydrogen (secondary N) is 1. The van der Waals surface area contributed by atoms with E-state index in [1.54, 1.807) is 0 Å². The third-order valence-corrected chi connectivity index (χ3v) is 2.82. The van der Waals surface area contributed by atoms with Crippen LogP contribution in [0.15, 0.2) is 0 Å². The molecule has 18 heavy (non-hydrogen) atoms. The molecular formula is C14H29N3O. The Labute approximate surface area is 112 Å². The lowest BCUT2D eigenvalue weighted by atomic mass is 9.96. The number of hydrogen-bond donors (Lipinski definition) is 2. The molecule has 4 heteroatoms. The average molecular weight is 255 g/mol. The van der Waals surface area contributed by atoms with E-state index < -0.39 is 0 Å². The van der Waals surface area contributed by atoms with Crippen molar-refractivity contribution < 1.29 is 4.79 Å². The molecule has 0 spiro atoms. The van der Waals surface area contributed by atoms with Crippen LogP contribution in [0.3, 0.4) is 0 Å². The molecule has 0 aromatic rings. The lowest BCUT2D eigenvalue weighted by Crippen LogP contribution is -2.26. The molecule has 1 aliphatic carbocycles. The molecule has 0 saturated heterocycles. The largest absolute Gasteiger partial charge is 0.370 e. The van der Waals surface area contributed by atoms with Crippen molar-refractivity contribution in [2.24, 2.45) is 5.73 Å². The summed E-state index contributed by atoms with van der Waals surface area (Å²) in [5.41, 5.74) is 4.88. The minimum Gasteiger partial charge on any atom is -0.370 e. The average Bonchev–Trinajstić information content (AvgIpc) is 2.40. The van der Waals surface area contributed by atoms with E-state index >= 15 is 0 Å². The highest BCUT2D eigenvalue weighted by Crippen LogP contribution is 2.16. The highest BCUT2D eigenvalue weighted by molar-refractivity contribution is 5.73. The maximum Gasteiger partial charge on any atom is 0.218 e. The summed E-state index contributed by atoms with van der Waals surface area (Å²) in [6.45, 7) is 0.745. The number of rotatable bonds is 4. The molecule has 1 aliphatic rings. The molecule has 0 bridgehead atoms. The number of amides is 1. The number of nitrogens with two attached hydrogens (primary N) is 1. The molecule has 0 aromatic heterocycles. The van der Waals surface area contributed by atoms with Crippen LogP contribution in [0.2, 0.25) is 0 Å². The maximum atomic E-state index is 10.1.